The maximum Gasteiger partial charge on any atom is 0.124 e. The van der Waals surface area contributed by atoms with E-state index < -0.39 is 0 Å². The molecule has 0 bridgehead atoms. The lowest BCUT2D eigenvalue weighted by Crippen LogP contribution is -2.22. The number of hydrogen-bond donors (Lipinski definition) is 1. The van der Waals surface area contributed by atoms with Crippen LogP contribution in [0.15, 0.2) is 34.1 Å². The Hall–Kier alpha value is -0.550. The van der Waals surface area contributed by atoms with E-state index >= 15 is 0 Å². The quantitative estimate of drug-likeness (QED) is 0.744. The van der Waals surface area contributed by atoms with E-state index in [2.05, 4.69) is 40.3 Å². The van der Waals surface area contributed by atoms with Gasteiger partial charge in [-0.3, -0.25) is 0 Å². The summed E-state index contributed by atoms with van der Waals surface area (Å²) < 4.78 is 6.61. The fraction of sp³-hybridized carbons (Fsp3) is 0.333. The summed E-state index contributed by atoms with van der Waals surface area (Å²) in [4.78, 5) is 1.24. The number of hydrogen-bond acceptors (Lipinski definition) is 3. The molecular formula is C15H17BrClNOS. The van der Waals surface area contributed by atoms with Crippen LogP contribution in [0.1, 0.15) is 29.8 Å². The molecular weight excluding hydrogens is 358 g/mol. The molecule has 2 rings (SSSR count). The zero-order valence-electron chi connectivity index (χ0n) is 11.5. The maximum atomic E-state index is 6.16. The third-order valence-electron chi connectivity index (χ3n) is 2.98. The van der Waals surface area contributed by atoms with Crippen molar-refractivity contribution < 1.29 is 4.74 Å². The molecule has 0 radical (unpaired) electrons. The predicted molar refractivity (Wildman–Crippen MR) is 90.2 cm³/mol. The maximum absolute atomic E-state index is 6.16. The largest absolute Gasteiger partial charge is 0.496 e. The van der Waals surface area contributed by atoms with Crippen LogP contribution in [0.5, 0.6) is 5.75 Å². The van der Waals surface area contributed by atoms with Gasteiger partial charge in [0.25, 0.3) is 0 Å². The first-order chi connectivity index (χ1) is 9.65. The Bertz CT molecular complexity index is 573. The Kier molecular flexibility index (Phi) is 5.90. The summed E-state index contributed by atoms with van der Waals surface area (Å²) in [7, 11) is 1.69. The Morgan fingerprint density at radius 1 is 1.35 bits per heavy atom. The summed E-state index contributed by atoms with van der Waals surface area (Å²) in [6, 6.07) is 10.0. The van der Waals surface area contributed by atoms with Crippen LogP contribution in [-0.4, -0.2) is 13.7 Å². The highest BCUT2D eigenvalue weighted by Crippen LogP contribution is 2.36. The number of benzene rings is 1. The van der Waals surface area contributed by atoms with E-state index in [-0.39, 0.29) is 6.04 Å². The van der Waals surface area contributed by atoms with Gasteiger partial charge in [0.15, 0.2) is 0 Å². The highest BCUT2D eigenvalue weighted by molar-refractivity contribution is 9.11. The van der Waals surface area contributed by atoms with Crippen LogP contribution < -0.4 is 10.1 Å². The lowest BCUT2D eigenvalue weighted by molar-refractivity contribution is 0.404. The van der Waals surface area contributed by atoms with Gasteiger partial charge in [0.2, 0.25) is 0 Å². The molecule has 1 heterocycles. The van der Waals surface area contributed by atoms with Crippen molar-refractivity contribution in [2.45, 2.75) is 19.4 Å². The molecule has 1 aromatic carbocycles. The summed E-state index contributed by atoms with van der Waals surface area (Å²) in [6.45, 7) is 3.10. The highest BCUT2D eigenvalue weighted by atomic mass is 79.9. The molecule has 20 heavy (non-hydrogen) atoms. The van der Waals surface area contributed by atoms with Gasteiger partial charge in [0.05, 0.1) is 16.9 Å². The van der Waals surface area contributed by atoms with E-state index in [9.17, 15) is 0 Å². The van der Waals surface area contributed by atoms with Crippen LogP contribution in [0.2, 0.25) is 5.02 Å². The molecule has 2 nitrogen and oxygen atoms in total. The molecule has 5 heteroatoms. The third-order valence-corrected chi connectivity index (χ3v) is 4.90. The van der Waals surface area contributed by atoms with Gasteiger partial charge in [0, 0.05) is 15.5 Å². The Labute approximate surface area is 137 Å². The predicted octanol–water partition coefficient (Wildman–Crippen LogP) is 5.26. The summed E-state index contributed by atoms with van der Waals surface area (Å²) >= 11 is 11.4. The highest BCUT2D eigenvalue weighted by Gasteiger charge is 2.19. The van der Waals surface area contributed by atoms with Gasteiger partial charge < -0.3 is 10.1 Å². The van der Waals surface area contributed by atoms with Gasteiger partial charge in [-0.05, 0) is 59.2 Å². The van der Waals surface area contributed by atoms with E-state index in [0.717, 1.165) is 33.1 Å². The second-order valence-electron chi connectivity index (χ2n) is 4.42. The Morgan fingerprint density at radius 2 is 2.15 bits per heavy atom. The van der Waals surface area contributed by atoms with Crippen molar-refractivity contribution in [3.05, 3.63) is 49.6 Å². The molecule has 108 valence electrons. The summed E-state index contributed by atoms with van der Waals surface area (Å²) in [5.74, 6) is 0.854. The molecule has 1 unspecified atom stereocenters. The monoisotopic (exact) mass is 373 g/mol. The first-order valence-corrected chi connectivity index (χ1v) is 8.46. The van der Waals surface area contributed by atoms with Gasteiger partial charge in [-0.15, -0.1) is 11.3 Å². The molecule has 0 aliphatic rings. The zero-order chi connectivity index (χ0) is 14.5. The number of rotatable bonds is 6. The van der Waals surface area contributed by atoms with Crippen molar-refractivity contribution in [1.29, 1.82) is 0 Å². The first-order valence-electron chi connectivity index (χ1n) is 6.47. The molecule has 1 atom stereocenters. The van der Waals surface area contributed by atoms with Crippen LogP contribution in [-0.2, 0) is 0 Å². The average molecular weight is 375 g/mol. The number of thiophene rings is 1. The average Bonchev–Trinajstić information content (AvgIpc) is 2.86. The minimum Gasteiger partial charge on any atom is -0.496 e. The molecule has 0 spiro atoms. The molecule has 2 aromatic rings. The van der Waals surface area contributed by atoms with E-state index in [0.29, 0.717) is 0 Å². The fourth-order valence-corrected chi connectivity index (χ4v) is 3.77. The number of halogens is 2. The van der Waals surface area contributed by atoms with Gasteiger partial charge in [0.1, 0.15) is 5.75 Å². The topological polar surface area (TPSA) is 21.3 Å². The van der Waals surface area contributed by atoms with Crippen molar-refractivity contribution >= 4 is 38.9 Å². The molecule has 0 amide bonds. The van der Waals surface area contributed by atoms with E-state index in [1.807, 2.05) is 18.2 Å². The SMILES string of the molecule is CCCNC(c1ccc(Br)s1)c1cc(Cl)ccc1OC. The van der Waals surface area contributed by atoms with E-state index in [4.69, 9.17) is 16.3 Å². The number of ether oxygens (including phenoxy) is 1. The second kappa shape index (κ2) is 7.46. The van der Waals surface area contributed by atoms with Gasteiger partial charge in [-0.25, -0.2) is 0 Å². The minimum absolute atomic E-state index is 0.0971. The molecule has 0 aliphatic heterocycles. The van der Waals surface area contributed by atoms with Crippen molar-refractivity contribution in [3.63, 3.8) is 0 Å². The number of nitrogens with one attached hydrogen (secondary N) is 1. The summed E-state index contributed by atoms with van der Waals surface area (Å²) in [6.07, 6.45) is 1.08. The van der Waals surface area contributed by atoms with Crippen molar-refractivity contribution in [2.75, 3.05) is 13.7 Å². The number of methoxy groups -OCH3 is 1. The lowest BCUT2D eigenvalue weighted by Gasteiger charge is -2.20. The van der Waals surface area contributed by atoms with Crippen LogP contribution in [0.3, 0.4) is 0 Å². The standard InChI is InChI=1S/C15H17BrClNOS/c1-3-8-18-15(13-6-7-14(16)20-13)11-9-10(17)4-5-12(11)19-2/h4-7,9,15,18H,3,8H2,1-2H3. The van der Waals surface area contributed by atoms with E-state index in [1.54, 1.807) is 18.4 Å². The normalized spacial score (nSPS) is 12.4. The summed E-state index contributed by atoms with van der Waals surface area (Å²) in [5.41, 5.74) is 1.07. The van der Waals surface area contributed by atoms with Crippen LogP contribution in [0.4, 0.5) is 0 Å². The van der Waals surface area contributed by atoms with Crippen LogP contribution in [0, 0.1) is 0 Å². The third kappa shape index (κ3) is 3.76. The van der Waals surface area contributed by atoms with Crippen LogP contribution in [0.25, 0.3) is 0 Å². The molecule has 0 saturated carbocycles. The van der Waals surface area contributed by atoms with E-state index in [1.165, 1.54) is 4.88 Å². The smallest absolute Gasteiger partial charge is 0.124 e. The van der Waals surface area contributed by atoms with Crippen molar-refractivity contribution in [1.82, 2.24) is 5.32 Å². The van der Waals surface area contributed by atoms with Crippen molar-refractivity contribution in [2.24, 2.45) is 0 Å². The molecule has 1 aromatic heterocycles. The molecule has 0 aliphatic carbocycles. The van der Waals surface area contributed by atoms with Crippen molar-refractivity contribution in [3.8, 4) is 5.75 Å². The van der Waals surface area contributed by atoms with Gasteiger partial charge in [-0.2, -0.15) is 0 Å². The minimum atomic E-state index is 0.0971. The van der Waals surface area contributed by atoms with Gasteiger partial charge in [-0.1, -0.05) is 18.5 Å². The lowest BCUT2D eigenvalue weighted by atomic mass is 10.0. The molecule has 0 fully saturated rings. The second-order valence-corrected chi connectivity index (χ2v) is 7.35. The van der Waals surface area contributed by atoms with Gasteiger partial charge >= 0.3 is 0 Å². The fourth-order valence-electron chi connectivity index (χ4n) is 2.07. The Balaban J connectivity index is 2.42. The first kappa shape index (κ1) is 15.8. The van der Waals surface area contributed by atoms with Crippen LogP contribution >= 0.6 is 38.9 Å². The molecule has 1 N–H and O–H groups in total. The Morgan fingerprint density at radius 3 is 2.75 bits per heavy atom. The summed E-state index contributed by atoms with van der Waals surface area (Å²) in [5, 5.41) is 4.29. The zero-order valence-corrected chi connectivity index (χ0v) is 14.6. The molecule has 0 saturated heterocycles.